The van der Waals surface area contributed by atoms with E-state index in [4.69, 9.17) is 16.3 Å². The van der Waals surface area contributed by atoms with E-state index < -0.39 is 0 Å². The van der Waals surface area contributed by atoms with E-state index in [1.807, 2.05) is 0 Å². The Balaban J connectivity index is 2.07. The predicted molar refractivity (Wildman–Crippen MR) is 53.3 cm³/mol. The van der Waals surface area contributed by atoms with Gasteiger partial charge in [-0.15, -0.1) is 0 Å². The molecule has 1 heterocycles. The molecule has 2 nitrogen and oxygen atoms in total. The van der Waals surface area contributed by atoms with Crippen molar-refractivity contribution in [2.24, 2.45) is 0 Å². The van der Waals surface area contributed by atoms with Crippen molar-refractivity contribution >= 4 is 11.6 Å². The van der Waals surface area contributed by atoms with Gasteiger partial charge in [-0.1, -0.05) is 11.6 Å². The smallest absolute Gasteiger partial charge is 0.128 e. The van der Waals surface area contributed by atoms with Crippen LogP contribution >= 0.6 is 11.6 Å². The summed E-state index contributed by atoms with van der Waals surface area (Å²) in [4.78, 5) is 0. The van der Waals surface area contributed by atoms with Crippen molar-refractivity contribution < 1.29 is 9.13 Å². The molecule has 0 saturated carbocycles. The van der Waals surface area contributed by atoms with Crippen LogP contribution in [0.3, 0.4) is 0 Å². The monoisotopic (exact) mass is 215 g/mol. The number of hydrogen-bond acceptors (Lipinski definition) is 2. The summed E-state index contributed by atoms with van der Waals surface area (Å²) in [6.45, 7) is 1.77. The molecule has 1 aromatic carbocycles. The van der Waals surface area contributed by atoms with Crippen LogP contribution in [-0.2, 0) is 0 Å². The fourth-order valence-corrected chi connectivity index (χ4v) is 1.73. The van der Waals surface area contributed by atoms with Gasteiger partial charge >= 0.3 is 0 Å². The molecule has 1 aliphatic rings. The quantitative estimate of drug-likeness (QED) is 0.817. The van der Waals surface area contributed by atoms with Gasteiger partial charge < -0.3 is 10.1 Å². The minimum Gasteiger partial charge on any atom is -0.489 e. The Bertz CT molecular complexity index is 306. The van der Waals surface area contributed by atoms with Crippen molar-refractivity contribution in [3.8, 4) is 5.75 Å². The zero-order valence-corrected chi connectivity index (χ0v) is 8.35. The molecule has 1 aliphatic heterocycles. The predicted octanol–water partition coefficient (Wildman–Crippen LogP) is 2.22. The van der Waals surface area contributed by atoms with E-state index in [9.17, 15) is 4.39 Å². The minimum atomic E-state index is -0.363. The number of hydrogen-bond donors (Lipinski definition) is 1. The van der Waals surface area contributed by atoms with E-state index in [2.05, 4.69) is 5.32 Å². The van der Waals surface area contributed by atoms with E-state index in [0.717, 1.165) is 19.5 Å². The molecular weight excluding hydrogens is 205 g/mol. The molecule has 4 heteroatoms. The molecule has 76 valence electrons. The molecule has 0 aliphatic carbocycles. The first-order valence-electron chi connectivity index (χ1n) is 4.57. The molecule has 0 radical (unpaired) electrons. The molecule has 2 rings (SSSR count). The van der Waals surface area contributed by atoms with Crippen LogP contribution in [0.2, 0.25) is 5.02 Å². The number of ether oxygens (including phenoxy) is 1. The Morgan fingerprint density at radius 1 is 1.43 bits per heavy atom. The SMILES string of the molecule is Fc1cc(Cl)cc(OC2CCNC2)c1. The van der Waals surface area contributed by atoms with Gasteiger partial charge in [-0.3, -0.25) is 0 Å². The van der Waals surface area contributed by atoms with Crippen molar-refractivity contribution in [1.29, 1.82) is 0 Å². The second kappa shape index (κ2) is 4.15. The van der Waals surface area contributed by atoms with Crippen LogP contribution in [0.4, 0.5) is 4.39 Å². The third-order valence-electron chi connectivity index (χ3n) is 2.15. The van der Waals surface area contributed by atoms with Crippen LogP contribution in [0.15, 0.2) is 18.2 Å². The van der Waals surface area contributed by atoms with Gasteiger partial charge in [0.2, 0.25) is 0 Å². The van der Waals surface area contributed by atoms with Crippen molar-refractivity contribution in [1.82, 2.24) is 5.32 Å². The topological polar surface area (TPSA) is 21.3 Å². The number of halogens is 2. The van der Waals surface area contributed by atoms with Gasteiger partial charge in [-0.2, -0.15) is 0 Å². The average Bonchev–Trinajstić information content (AvgIpc) is 2.54. The molecule has 0 aromatic heterocycles. The Labute approximate surface area is 87.0 Å². The summed E-state index contributed by atoms with van der Waals surface area (Å²) in [6.07, 6.45) is 1.08. The van der Waals surface area contributed by atoms with E-state index in [1.165, 1.54) is 12.1 Å². The molecule has 1 fully saturated rings. The lowest BCUT2D eigenvalue weighted by Gasteiger charge is -2.12. The molecule has 1 aromatic rings. The Morgan fingerprint density at radius 2 is 2.29 bits per heavy atom. The van der Waals surface area contributed by atoms with Crippen molar-refractivity contribution in [2.45, 2.75) is 12.5 Å². The van der Waals surface area contributed by atoms with Gasteiger partial charge in [0.1, 0.15) is 17.7 Å². The molecule has 1 unspecified atom stereocenters. The summed E-state index contributed by atoms with van der Waals surface area (Å²) in [5.41, 5.74) is 0. The van der Waals surface area contributed by atoms with Crippen LogP contribution in [0.5, 0.6) is 5.75 Å². The number of rotatable bonds is 2. The number of nitrogens with one attached hydrogen (secondary N) is 1. The lowest BCUT2D eigenvalue weighted by Crippen LogP contribution is -2.19. The zero-order valence-electron chi connectivity index (χ0n) is 7.59. The van der Waals surface area contributed by atoms with Crippen molar-refractivity contribution in [3.05, 3.63) is 29.0 Å². The summed E-state index contributed by atoms with van der Waals surface area (Å²) in [7, 11) is 0. The molecule has 0 bridgehead atoms. The highest BCUT2D eigenvalue weighted by molar-refractivity contribution is 6.30. The number of benzene rings is 1. The summed E-state index contributed by atoms with van der Waals surface area (Å²) in [5, 5.41) is 3.54. The largest absolute Gasteiger partial charge is 0.489 e. The second-order valence-electron chi connectivity index (χ2n) is 3.34. The fourth-order valence-electron chi connectivity index (χ4n) is 1.52. The summed E-state index contributed by atoms with van der Waals surface area (Å²) in [6, 6.07) is 4.24. The summed E-state index contributed by atoms with van der Waals surface area (Å²) < 4.78 is 18.5. The first kappa shape index (κ1) is 9.74. The maximum Gasteiger partial charge on any atom is 0.128 e. The molecule has 1 N–H and O–H groups in total. The Hall–Kier alpha value is -0.800. The maximum absolute atomic E-state index is 12.9. The fraction of sp³-hybridized carbons (Fsp3) is 0.400. The highest BCUT2D eigenvalue weighted by Crippen LogP contribution is 2.22. The third-order valence-corrected chi connectivity index (χ3v) is 2.37. The van der Waals surface area contributed by atoms with Gasteiger partial charge in [0.25, 0.3) is 0 Å². The first-order valence-corrected chi connectivity index (χ1v) is 4.95. The van der Waals surface area contributed by atoms with Crippen LogP contribution < -0.4 is 10.1 Å². The van der Waals surface area contributed by atoms with Crippen molar-refractivity contribution in [2.75, 3.05) is 13.1 Å². The second-order valence-corrected chi connectivity index (χ2v) is 3.77. The van der Waals surface area contributed by atoms with Gasteiger partial charge in [-0.25, -0.2) is 4.39 Å². The molecule has 0 amide bonds. The normalized spacial score (nSPS) is 21.1. The third kappa shape index (κ3) is 2.36. The van der Waals surface area contributed by atoms with Crippen LogP contribution in [0.25, 0.3) is 0 Å². The van der Waals surface area contributed by atoms with E-state index in [0.29, 0.717) is 10.8 Å². The standard InChI is InChI=1S/C10H11ClFNO/c11-7-3-8(12)5-10(4-7)14-9-1-2-13-6-9/h3-5,9,13H,1-2,6H2. The first-order chi connectivity index (χ1) is 6.74. The zero-order chi connectivity index (χ0) is 9.97. The summed E-state index contributed by atoms with van der Waals surface area (Å²) in [5.74, 6) is 0.141. The van der Waals surface area contributed by atoms with Gasteiger partial charge in [0.05, 0.1) is 0 Å². The highest BCUT2D eigenvalue weighted by atomic mass is 35.5. The lowest BCUT2D eigenvalue weighted by molar-refractivity contribution is 0.222. The van der Waals surface area contributed by atoms with Gasteiger partial charge in [-0.05, 0) is 25.1 Å². The van der Waals surface area contributed by atoms with Crippen LogP contribution in [0, 0.1) is 5.82 Å². The van der Waals surface area contributed by atoms with Crippen LogP contribution in [-0.4, -0.2) is 19.2 Å². The van der Waals surface area contributed by atoms with Crippen molar-refractivity contribution in [3.63, 3.8) is 0 Å². The van der Waals surface area contributed by atoms with Gasteiger partial charge in [0, 0.05) is 17.6 Å². The lowest BCUT2D eigenvalue weighted by atomic mass is 10.3. The summed E-state index contributed by atoms with van der Waals surface area (Å²) >= 11 is 5.70. The molecule has 14 heavy (non-hydrogen) atoms. The Kier molecular flexibility index (Phi) is 2.89. The maximum atomic E-state index is 12.9. The molecule has 1 atom stereocenters. The van der Waals surface area contributed by atoms with Crippen LogP contribution in [0.1, 0.15) is 6.42 Å². The molecule has 1 saturated heterocycles. The van der Waals surface area contributed by atoms with Gasteiger partial charge in [0.15, 0.2) is 0 Å². The Morgan fingerprint density at radius 3 is 2.93 bits per heavy atom. The van der Waals surface area contributed by atoms with E-state index in [-0.39, 0.29) is 11.9 Å². The molecule has 0 spiro atoms. The molecular formula is C10H11ClFNO. The average molecular weight is 216 g/mol. The highest BCUT2D eigenvalue weighted by Gasteiger charge is 2.16. The van der Waals surface area contributed by atoms with E-state index in [1.54, 1.807) is 6.07 Å². The minimum absolute atomic E-state index is 0.132. The van der Waals surface area contributed by atoms with E-state index >= 15 is 0 Å².